The molecule has 19 heavy (non-hydrogen) atoms. The van der Waals surface area contributed by atoms with E-state index in [1.165, 1.54) is 25.5 Å². The molecular formula is C15H24N2O2. The molecule has 0 saturated carbocycles. The largest absolute Gasteiger partial charge is 0.465 e. The molecule has 106 valence electrons. The zero-order valence-electron chi connectivity index (χ0n) is 12.1. The molecule has 0 bridgehead atoms. The Morgan fingerprint density at radius 2 is 1.89 bits per heavy atom. The molecule has 0 atom stereocenters. The number of benzene rings is 1. The lowest BCUT2D eigenvalue weighted by molar-refractivity contribution is 0.0600. The monoisotopic (exact) mass is 264 g/mol. The highest BCUT2D eigenvalue weighted by Crippen LogP contribution is 2.05. The molecule has 0 fully saturated rings. The van der Waals surface area contributed by atoms with Gasteiger partial charge in [-0.2, -0.15) is 0 Å². The van der Waals surface area contributed by atoms with Gasteiger partial charge in [0.2, 0.25) is 0 Å². The van der Waals surface area contributed by atoms with Crippen LogP contribution >= 0.6 is 0 Å². The first-order valence-electron chi connectivity index (χ1n) is 6.66. The lowest BCUT2D eigenvalue weighted by Crippen LogP contribution is -2.18. The van der Waals surface area contributed by atoms with E-state index < -0.39 is 0 Å². The van der Waals surface area contributed by atoms with Crippen molar-refractivity contribution in [3.8, 4) is 0 Å². The smallest absolute Gasteiger partial charge is 0.337 e. The number of rotatable bonds is 8. The molecule has 4 nitrogen and oxygen atoms in total. The minimum atomic E-state index is -0.289. The number of unbranched alkanes of at least 4 members (excludes halogenated alkanes) is 1. The summed E-state index contributed by atoms with van der Waals surface area (Å²) in [7, 11) is 5.58. The number of nitrogens with one attached hydrogen (secondary N) is 1. The Hall–Kier alpha value is -1.39. The van der Waals surface area contributed by atoms with E-state index in [1.54, 1.807) is 12.1 Å². The Morgan fingerprint density at radius 3 is 2.47 bits per heavy atom. The number of esters is 1. The summed E-state index contributed by atoms with van der Waals surface area (Å²) in [6.07, 6.45) is 2.39. The van der Waals surface area contributed by atoms with Crippen LogP contribution < -0.4 is 5.32 Å². The summed E-state index contributed by atoms with van der Waals surface area (Å²) in [5.41, 5.74) is 1.78. The van der Waals surface area contributed by atoms with Gasteiger partial charge >= 0.3 is 5.97 Å². The van der Waals surface area contributed by atoms with Crippen LogP contribution in [-0.2, 0) is 11.3 Å². The number of carbonyl (C=O) groups excluding carboxylic acids is 1. The molecule has 0 aliphatic carbocycles. The predicted octanol–water partition coefficient (Wildman–Crippen LogP) is 1.90. The third-order valence-electron chi connectivity index (χ3n) is 2.91. The topological polar surface area (TPSA) is 41.6 Å². The first-order chi connectivity index (χ1) is 9.13. The average molecular weight is 264 g/mol. The Balaban J connectivity index is 2.21. The lowest BCUT2D eigenvalue weighted by atomic mass is 10.1. The zero-order valence-corrected chi connectivity index (χ0v) is 12.1. The molecule has 0 spiro atoms. The summed E-state index contributed by atoms with van der Waals surface area (Å²) < 4.78 is 4.66. The van der Waals surface area contributed by atoms with Gasteiger partial charge in [-0.1, -0.05) is 12.1 Å². The van der Waals surface area contributed by atoms with Gasteiger partial charge in [-0.25, -0.2) is 4.79 Å². The van der Waals surface area contributed by atoms with E-state index in [1.807, 2.05) is 12.1 Å². The Labute approximate surface area is 115 Å². The van der Waals surface area contributed by atoms with E-state index in [9.17, 15) is 4.79 Å². The van der Waals surface area contributed by atoms with Gasteiger partial charge in [-0.15, -0.1) is 0 Å². The number of ether oxygens (including phenoxy) is 1. The van der Waals surface area contributed by atoms with Gasteiger partial charge < -0.3 is 15.0 Å². The highest BCUT2D eigenvalue weighted by molar-refractivity contribution is 5.89. The second-order valence-corrected chi connectivity index (χ2v) is 4.88. The molecule has 0 saturated heterocycles. The van der Waals surface area contributed by atoms with Gasteiger partial charge in [0.1, 0.15) is 0 Å². The van der Waals surface area contributed by atoms with Crippen molar-refractivity contribution in [2.45, 2.75) is 19.4 Å². The van der Waals surface area contributed by atoms with Gasteiger partial charge in [0.05, 0.1) is 12.7 Å². The van der Waals surface area contributed by atoms with Crippen LogP contribution in [0, 0.1) is 0 Å². The minimum Gasteiger partial charge on any atom is -0.465 e. The van der Waals surface area contributed by atoms with Crippen molar-refractivity contribution in [1.82, 2.24) is 10.2 Å². The standard InChI is InChI=1S/C15H24N2O2/c1-17(2)11-5-4-10-16-12-13-6-8-14(9-7-13)15(18)19-3/h6-9,16H,4-5,10-12H2,1-3H3. The van der Waals surface area contributed by atoms with Crippen LogP contribution in [0.2, 0.25) is 0 Å². The Kier molecular flexibility index (Phi) is 7.15. The zero-order chi connectivity index (χ0) is 14.1. The van der Waals surface area contributed by atoms with E-state index in [0.29, 0.717) is 5.56 Å². The molecule has 0 aliphatic rings. The number of hydrogen-bond donors (Lipinski definition) is 1. The Morgan fingerprint density at radius 1 is 1.21 bits per heavy atom. The molecule has 0 heterocycles. The molecular weight excluding hydrogens is 240 g/mol. The van der Waals surface area contributed by atoms with Crippen LogP contribution in [0.1, 0.15) is 28.8 Å². The van der Waals surface area contributed by atoms with Crippen LogP contribution in [0.25, 0.3) is 0 Å². The van der Waals surface area contributed by atoms with E-state index in [4.69, 9.17) is 0 Å². The maximum atomic E-state index is 11.3. The molecule has 1 N–H and O–H groups in total. The number of methoxy groups -OCH3 is 1. The SMILES string of the molecule is COC(=O)c1ccc(CNCCCCN(C)C)cc1. The van der Waals surface area contributed by atoms with Gasteiger partial charge in [-0.3, -0.25) is 0 Å². The number of nitrogens with zero attached hydrogens (tertiary/aromatic N) is 1. The molecule has 1 rings (SSSR count). The third-order valence-corrected chi connectivity index (χ3v) is 2.91. The van der Waals surface area contributed by atoms with Crippen molar-refractivity contribution in [3.63, 3.8) is 0 Å². The van der Waals surface area contributed by atoms with Crippen molar-refractivity contribution in [2.75, 3.05) is 34.3 Å². The van der Waals surface area contributed by atoms with E-state index in [0.717, 1.165) is 19.6 Å². The fourth-order valence-electron chi connectivity index (χ4n) is 1.79. The van der Waals surface area contributed by atoms with Gasteiger partial charge in [0, 0.05) is 6.54 Å². The summed E-state index contributed by atoms with van der Waals surface area (Å²) in [4.78, 5) is 13.5. The maximum absolute atomic E-state index is 11.3. The van der Waals surface area contributed by atoms with Crippen LogP contribution in [0.4, 0.5) is 0 Å². The van der Waals surface area contributed by atoms with E-state index >= 15 is 0 Å². The molecule has 0 radical (unpaired) electrons. The highest BCUT2D eigenvalue weighted by Gasteiger charge is 2.03. The summed E-state index contributed by atoms with van der Waals surface area (Å²) >= 11 is 0. The van der Waals surface area contributed by atoms with Crippen LogP contribution in [-0.4, -0.2) is 45.2 Å². The fraction of sp³-hybridized carbons (Fsp3) is 0.533. The summed E-state index contributed by atoms with van der Waals surface area (Å²) in [5, 5.41) is 3.40. The van der Waals surface area contributed by atoms with Crippen molar-refractivity contribution in [2.24, 2.45) is 0 Å². The van der Waals surface area contributed by atoms with E-state index in [-0.39, 0.29) is 5.97 Å². The normalized spacial score (nSPS) is 10.7. The number of carbonyl (C=O) groups is 1. The summed E-state index contributed by atoms with van der Waals surface area (Å²) in [6, 6.07) is 7.52. The first kappa shape index (κ1) is 15.7. The molecule has 4 heteroatoms. The maximum Gasteiger partial charge on any atom is 0.337 e. The van der Waals surface area contributed by atoms with Crippen molar-refractivity contribution in [3.05, 3.63) is 35.4 Å². The van der Waals surface area contributed by atoms with Crippen LogP contribution in [0.15, 0.2) is 24.3 Å². The van der Waals surface area contributed by atoms with Crippen LogP contribution in [0.5, 0.6) is 0 Å². The van der Waals surface area contributed by atoms with Crippen molar-refractivity contribution in [1.29, 1.82) is 0 Å². The Bertz CT molecular complexity index is 374. The van der Waals surface area contributed by atoms with Gasteiger partial charge in [0.15, 0.2) is 0 Å². The van der Waals surface area contributed by atoms with Crippen molar-refractivity contribution < 1.29 is 9.53 Å². The average Bonchev–Trinajstić information content (AvgIpc) is 2.42. The minimum absolute atomic E-state index is 0.289. The summed E-state index contributed by atoms with van der Waals surface area (Å²) in [5.74, 6) is -0.289. The molecule has 1 aromatic carbocycles. The molecule has 0 amide bonds. The second kappa shape index (κ2) is 8.67. The highest BCUT2D eigenvalue weighted by atomic mass is 16.5. The fourth-order valence-corrected chi connectivity index (χ4v) is 1.79. The summed E-state index contributed by atoms with van der Waals surface area (Å²) in [6.45, 7) is 2.99. The molecule has 1 aromatic rings. The van der Waals surface area contributed by atoms with Gasteiger partial charge in [0.25, 0.3) is 0 Å². The third kappa shape index (κ3) is 6.36. The van der Waals surface area contributed by atoms with E-state index in [2.05, 4.69) is 29.0 Å². The number of hydrogen-bond acceptors (Lipinski definition) is 4. The van der Waals surface area contributed by atoms with Crippen LogP contribution in [0.3, 0.4) is 0 Å². The predicted molar refractivity (Wildman–Crippen MR) is 77.3 cm³/mol. The molecule has 0 unspecified atom stereocenters. The quantitative estimate of drug-likeness (QED) is 0.575. The lowest BCUT2D eigenvalue weighted by Gasteiger charge is -2.09. The second-order valence-electron chi connectivity index (χ2n) is 4.88. The molecule has 0 aromatic heterocycles. The first-order valence-corrected chi connectivity index (χ1v) is 6.66. The van der Waals surface area contributed by atoms with Crippen molar-refractivity contribution >= 4 is 5.97 Å². The van der Waals surface area contributed by atoms with Gasteiger partial charge in [-0.05, 0) is 57.7 Å². The molecule has 0 aliphatic heterocycles.